The summed E-state index contributed by atoms with van der Waals surface area (Å²) in [6.45, 7) is 0. The summed E-state index contributed by atoms with van der Waals surface area (Å²) in [6.07, 6.45) is 0.834. The molecule has 0 saturated heterocycles. The van der Waals surface area contributed by atoms with Crippen molar-refractivity contribution in [1.82, 2.24) is 9.36 Å². The van der Waals surface area contributed by atoms with Gasteiger partial charge in [0.15, 0.2) is 3.01 Å². The molecule has 0 aliphatic heterocycles. The van der Waals surface area contributed by atoms with Gasteiger partial charge in [-0.1, -0.05) is 30.3 Å². The van der Waals surface area contributed by atoms with E-state index in [1.165, 1.54) is 17.1 Å². The van der Waals surface area contributed by atoms with Crippen LogP contribution in [-0.2, 0) is 6.42 Å². The summed E-state index contributed by atoms with van der Waals surface area (Å²) in [4.78, 5) is 4.30. The molecule has 0 radical (unpaired) electrons. The van der Waals surface area contributed by atoms with Crippen LogP contribution in [0, 0.1) is 3.01 Å². The Hall–Kier alpha value is -0.490. The van der Waals surface area contributed by atoms with Gasteiger partial charge in [0, 0.05) is 6.42 Å². The highest BCUT2D eigenvalue weighted by Gasteiger charge is 2.01. The van der Waals surface area contributed by atoms with Crippen LogP contribution in [0.4, 0.5) is 0 Å². The average Bonchev–Trinajstić information content (AvgIpc) is 2.53. The van der Waals surface area contributed by atoms with Gasteiger partial charge in [-0.3, -0.25) is 0 Å². The van der Waals surface area contributed by atoms with Crippen molar-refractivity contribution in [2.75, 3.05) is 0 Å². The lowest BCUT2D eigenvalue weighted by Crippen LogP contribution is -1.89. The lowest BCUT2D eigenvalue weighted by molar-refractivity contribution is 1.03. The molecule has 2 rings (SSSR count). The zero-order valence-electron chi connectivity index (χ0n) is 6.77. The van der Waals surface area contributed by atoms with Crippen molar-refractivity contribution in [2.45, 2.75) is 6.42 Å². The molecule has 0 atom stereocenters. The van der Waals surface area contributed by atoms with E-state index < -0.39 is 0 Å². The topological polar surface area (TPSA) is 25.8 Å². The number of nitrogens with zero attached hydrogens (tertiary/aromatic N) is 2. The van der Waals surface area contributed by atoms with E-state index in [1.807, 2.05) is 18.2 Å². The molecule has 0 saturated carbocycles. The predicted octanol–water partition coefficient (Wildman–Crippen LogP) is 2.73. The van der Waals surface area contributed by atoms with Crippen molar-refractivity contribution in [3.05, 3.63) is 44.7 Å². The van der Waals surface area contributed by atoms with Gasteiger partial charge in [0.25, 0.3) is 0 Å². The van der Waals surface area contributed by atoms with E-state index in [0.717, 1.165) is 15.3 Å². The normalized spacial score (nSPS) is 10.2. The fourth-order valence-electron chi connectivity index (χ4n) is 1.08. The minimum absolute atomic E-state index is 0.834. The van der Waals surface area contributed by atoms with Gasteiger partial charge in [-0.05, 0) is 39.7 Å². The van der Waals surface area contributed by atoms with Crippen molar-refractivity contribution in [3.8, 4) is 0 Å². The third kappa shape index (κ3) is 2.47. The van der Waals surface area contributed by atoms with E-state index in [0.29, 0.717) is 0 Å². The van der Waals surface area contributed by atoms with Crippen molar-refractivity contribution < 1.29 is 0 Å². The van der Waals surface area contributed by atoms with Crippen molar-refractivity contribution in [2.24, 2.45) is 0 Å². The van der Waals surface area contributed by atoms with Gasteiger partial charge < -0.3 is 0 Å². The van der Waals surface area contributed by atoms with Gasteiger partial charge in [0.2, 0.25) is 0 Å². The second-order valence-electron chi connectivity index (χ2n) is 2.63. The number of hydrogen-bond acceptors (Lipinski definition) is 3. The molecule has 13 heavy (non-hydrogen) atoms. The second-order valence-corrected chi connectivity index (χ2v) is 5.13. The van der Waals surface area contributed by atoms with E-state index in [-0.39, 0.29) is 0 Å². The first-order valence-electron chi connectivity index (χ1n) is 3.86. The van der Waals surface area contributed by atoms with E-state index in [2.05, 4.69) is 44.1 Å². The quantitative estimate of drug-likeness (QED) is 0.797. The molecular formula is C9H7IN2S. The highest BCUT2D eigenvalue weighted by atomic mass is 127. The molecular weight excluding hydrogens is 295 g/mol. The Morgan fingerprint density at radius 3 is 2.62 bits per heavy atom. The van der Waals surface area contributed by atoms with Crippen molar-refractivity contribution in [3.63, 3.8) is 0 Å². The molecule has 1 aromatic heterocycles. The van der Waals surface area contributed by atoms with Crippen LogP contribution in [-0.4, -0.2) is 9.36 Å². The third-order valence-corrected chi connectivity index (χ3v) is 3.02. The summed E-state index contributed by atoms with van der Waals surface area (Å²) in [5, 5.41) is 0. The van der Waals surface area contributed by atoms with Crippen LogP contribution in [0.3, 0.4) is 0 Å². The standard InChI is InChI=1S/C9H7IN2S/c10-9-11-8(12-13-9)6-7-4-2-1-3-5-7/h1-5H,6H2. The molecule has 0 amide bonds. The van der Waals surface area contributed by atoms with Gasteiger partial charge in [-0.15, -0.1) is 0 Å². The Labute approximate surface area is 94.3 Å². The van der Waals surface area contributed by atoms with Crippen LogP contribution in [0.5, 0.6) is 0 Å². The highest BCUT2D eigenvalue weighted by Crippen LogP contribution is 2.11. The van der Waals surface area contributed by atoms with Crippen molar-refractivity contribution in [1.29, 1.82) is 0 Å². The summed E-state index contributed by atoms with van der Waals surface area (Å²) in [5.74, 6) is 0.917. The second kappa shape index (κ2) is 4.15. The molecule has 2 aromatic rings. The number of rotatable bonds is 2. The third-order valence-electron chi connectivity index (χ3n) is 1.65. The number of halogens is 1. The van der Waals surface area contributed by atoms with Gasteiger partial charge in [-0.25, -0.2) is 4.98 Å². The molecule has 0 spiro atoms. The Balaban J connectivity index is 2.15. The summed E-state index contributed by atoms with van der Waals surface area (Å²) < 4.78 is 5.24. The Morgan fingerprint density at radius 1 is 1.23 bits per heavy atom. The molecule has 1 heterocycles. The molecule has 0 aliphatic carbocycles. The first-order chi connectivity index (χ1) is 6.34. The molecule has 0 N–H and O–H groups in total. The fourth-order valence-corrected chi connectivity index (χ4v) is 2.09. The first-order valence-corrected chi connectivity index (χ1v) is 5.72. The van der Waals surface area contributed by atoms with E-state index in [1.54, 1.807) is 0 Å². The largest absolute Gasteiger partial charge is 0.213 e. The lowest BCUT2D eigenvalue weighted by atomic mass is 10.1. The van der Waals surface area contributed by atoms with E-state index >= 15 is 0 Å². The molecule has 1 aromatic carbocycles. The lowest BCUT2D eigenvalue weighted by Gasteiger charge is -1.94. The molecule has 2 nitrogen and oxygen atoms in total. The number of hydrogen-bond donors (Lipinski definition) is 0. The van der Waals surface area contributed by atoms with Crippen LogP contribution in [0.15, 0.2) is 30.3 Å². The maximum atomic E-state index is 4.30. The molecule has 0 unspecified atom stereocenters. The van der Waals surface area contributed by atoms with Crippen LogP contribution < -0.4 is 0 Å². The molecule has 0 fully saturated rings. The number of aromatic nitrogens is 2. The highest BCUT2D eigenvalue weighted by molar-refractivity contribution is 14.1. The Morgan fingerprint density at radius 2 is 2.00 bits per heavy atom. The van der Waals surface area contributed by atoms with Crippen LogP contribution >= 0.6 is 34.1 Å². The van der Waals surface area contributed by atoms with E-state index in [4.69, 9.17) is 0 Å². The van der Waals surface area contributed by atoms with Crippen molar-refractivity contribution >= 4 is 34.1 Å². The Kier molecular flexibility index (Phi) is 2.90. The zero-order chi connectivity index (χ0) is 9.10. The minimum atomic E-state index is 0.834. The number of benzene rings is 1. The van der Waals surface area contributed by atoms with Gasteiger partial charge in [-0.2, -0.15) is 4.37 Å². The van der Waals surface area contributed by atoms with Crippen LogP contribution in [0.25, 0.3) is 0 Å². The predicted molar refractivity (Wildman–Crippen MR) is 61.9 cm³/mol. The van der Waals surface area contributed by atoms with Crippen LogP contribution in [0.1, 0.15) is 11.4 Å². The smallest absolute Gasteiger partial charge is 0.173 e. The molecule has 0 aliphatic rings. The summed E-state index contributed by atoms with van der Waals surface area (Å²) in [5.41, 5.74) is 1.26. The van der Waals surface area contributed by atoms with Crippen LogP contribution in [0.2, 0.25) is 0 Å². The first kappa shape index (κ1) is 9.08. The SMILES string of the molecule is Ic1nc(Cc2ccccc2)ns1. The van der Waals surface area contributed by atoms with Gasteiger partial charge in [0.05, 0.1) is 0 Å². The summed E-state index contributed by atoms with van der Waals surface area (Å²) in [6, 6.07) is 10.3. The molecule has 66 valence electrons. The van der Waals surface area contributed by atoms with Gasteiger partial charge in [0.1, 0.15) is 5.82 Å². The molecule has 4 heteroatoms. The monoisotopic (exact) mass is 302 g/mol. The summed E-state index contributed by atoms with van der Waals surface area (Å²) >= 11 is 3.64. The summed E-state index contributed by atoms with van der Waals surface area (Å²) in [7, 11) is 0. The van der Waals surface area contributed by atoms with Gasteiger partial charge >= 0.3 is 0 Å². The minimum Gasteiger partial charge on any atom is -0.213 e. The maximum absolute atomic E-state index is 4.30. The average molecular weight is 302 g/mol. The fraction of sp³-hybridized carbons (Fsp3) is 0.111. The maximum Gasteiger partial charge on any atom is 0.173 e. The van der Waals surface area contributed by atoms with E-state index in [9.17, 15) is 0 Å². The zero-order valence-corrected chi connectivity index (χ0v) is 9.75. The Bertz CT molecular complexity index is 386. The molecule has 0 bridgehead atoms.